The van der Waals surface area contributed by atoms with E-state index < -0.39 is 22.6 Å². The van der Waals surface area contributed by atoms with Gasteiger partial charge in [-0.2, -0.15) is 5.10 Å². The van der Waals surface area contributed by atoms with E-state index in [9.17, 15) is 14.1 Å². The summed E-state index contributed by atoms with van der Waals surface area (Å²) in [7, 11) is -1.77. The quantitative estimate of drug-likeness (QED) is 0.716. The number of nitrogens with one attached hydrogen (secondary N) is 2. The molecule has 1 aromatic carbocycles. The van der Waals surface area contributed by atoms with E-state index in [4.69, 9.17) is 0 Å². The Morgan fingerprint density at radius 1 is 1.21 bits per heavy atom. The maximum Gasteiger partial charge on any atom is 0.331 e. The maximum absolute atomic E-state index is 12.5. The van der Waals surface area contributed by atoms with Gasteiger partial charge in [0.15, 0.2) is 16.0 Å². The van der Waals surface area contributed by atoms with Crippen molar-refractivity contribution in [3.63, 3.8) is 0 Å². The standard InChI is InChI=1S/C20H26N4O3S/c1-20(2,26)12-24-10-9-17(22-24)28(27)23-19(25)21-18-15-7-3-5-13(15)11-14-6-4-8-16(14)18/h9-11,26H,3-8,12H2,1-2H3,(H2,21,23,25). The molecular weight excluding hydrogens is 376 g/mol. The second-order valence-electron chi connectivity index (χ2n) is 8.22. The van der Waals surface area contributed by atoms with E-state index in [2.05, 4.69) is 21.2 Å². The molecule has 0 radical (unpaired) electrons. The first-order valence-electron chi connectivity index (χ1n) is 9.72. The summed E-state index contributed by atoms with van der Waals surface area (Å²) in [6.07, 6.45) is 7.93. The van der Waals surface area contributed by atoms with Crippen LogP contribution in [0, 0.1) is 0 Å². The smallest absolute Gasteiger partial charge is 0.331 e. The van der Waals surface area contributed by atoms with Crippen molar-refractivity contribution in [1.82, 2.24) is 14.5 Å². The number of hydrogen-bond acceptors (Lipinski definition) is 4. The number of amides is 2. The van der Waals surface area contributed by atoms with Gasteiger partial charge in [0.2, 0.25) is 0 Å². The van der Waals surface area contributed by atoms with E-state index in [0.29, 0.717) is 0 Å². The number of carbonyl (C=O) groups excluding carboxylic acids is 1. The lowest BCUT2D eigenvalue weighted by molar-refractivity contribution is 0.0574. The zero-order valence-electron chi connectivity index (χ0n) is 16.2. The molecule has 0 saturated carbocycles. The van der Waals surface area contributed by atoms with E-state index >= 15 is 0 Å². The number of rotatable bonds is 5. The first-order chi connectivity index (χ1) is 13.3. The fourth-order valence-corrected chi connectivity index (χ4v) is 4.86. The molecular formula is C20H26N4O3S. The Balaban J connectivity index is 1.46. The summed E-state index contributed by atoms with van der Waals surface area (Å²) in [6.45, 7) is 3.63. The molecule has 2 amide bonds. The first kappa shape index (κ1) is 19.1. The van der Waals surface area contributed by atoms with Gasteiger partial charge in [0.1, 0.15) is 0 Å². The monoisotopic (exact) mass is 402 g/mol. The summed E-state index contributed by atoms with van der Waals surface area (Å²) in [5, 5.41) is 17.3. The van der Waals surface area contributed by atoms with Gasteiger partial charge in [0, 0.05) is 11.9 Å². The second kappa shape index (κ2) is 7.33. The number of hydrogen-bond donors (Lipinski definition) is 3. The summed E-state index contributed by atoms with van der Waals surface area (Å²) < 4.78 is 16.5. The number of urea groups is 1. The molecule has 4 rings (SSSR count). The Labute approximate surface area is 167 Å². The highest BCUT2D eigenvalue weighted by atomic mass is 32.2. The molecule has 150 valence electrons. The number of fused-ring (bicyclic) bond motifs is 2. The normalized spacial score (nSPS) is 16.5. The van der Waals surface area contributed by atoms with Crippen molar-refractivity contribution >= 4 is 22.7 Å². The van der Waals surface area contributed by atoms with Crippen LogP contribution in [0.1, 0.15) is 48.9 Å². The van der Waals surface area contributed by atoms with E-state index in [0.717, 1.165) is 44.2 Å². The predicted molar refractivity (Wildman–Crippen MR) is 108 cm³/mol. The predicted octanol–water partition coefficient (Wildman–Crippen LogP) is 2.48. The Bertz CT molecular complexity index is 913. The highest BCUT2D eigenvalue weighted by molar-refractivity contribution is 7.83. The Morgan fingerprint density at radius 2 is 1.86 bits per heavy atom. The molecule has 0 saturated heterocycles. The van der Waals surface area contributed by atoms with Gasteiger partial charge in [-0.15, -0.1) is 0 Å². The fourth-order valence-electron chi connectivity index (χ4n) is 4.17. The summed E-state index contributed by atoms with van der Waals surface area (Å²) in [5.41, 5.74) is 5.13. The minimum Gasteiger partial charge on any atom is -0.389 e. The molecule has 28 heavy (non-hydrogen) atoms. The Kier molecular flexibility index (Phi) is 5.01. The number of aromatic nitrogens is 2. The lowest BCUT2D eigenvalue weighted by Gasteiger charge is -2.16. The van der Waals surface area contributed by atoms with Gasteiger partial charge >= 0.3 is 6.03 Å². The van der Waals surface area contributed by atoms with E-state index in [1.807, 2.05) is 0 Å². The molecule has 0 aliphatic heterocycles. The maximum atomic E-state index is 12.5. The number of aliphatic hydroxyl groups is 1. The van der Waals surface area contributed by atoms with Crippen molar-refractivity contribution < 1.29 is 14.1 Å². The minimum absolute atomic E-state index is 0.253. The molecule has 0 fully saturated rings. The van der Waals surface area contributed by atoms with Gasteiger partial charge in [-0.25, -0.2) is 9.00 Å². The molecule has 2 aliphatic carbocycles. The van der Waals surface area contributed by atoms with Crippen LogP contribution in [-0.4, -0.2) is 30.7 Å². The average Bonchev–Trinajstić information content (AvgIpc) is 3.32. The van der Waals surface area contributed by atoms with Crippen molar-refractivity contribution in [2.75, 3.05) is 5.32 Å². The number of anilines is 1. The van der Waals surface area contributed by atoms with Gasteiger partial charge in [-0.3, -0.25) is 9.40 Å². The number of nitrogens with zero attached hydrogens (tertiary/aromatic N) is 2. The third-order valence-corrected chi connectivity index (χ3v) is 6.22. The zero-order valence-corrected chi connectivity index (χ0v) is 17.1. The summed E-state index contributed by atoms with van der Waals surface area (Å²) in [5.74, 6) is 0. The number of benzene rings is 1. The highest BCUT2D eigenvalue weighted by Crippen LogP contribution is 2.38. The van der Waals surface area contributed by atoms with Crippen LogP contribution in [-0.2, 0) is 43.2 Å². The molecule has 2 aliphatic rings. The van der Waals surface area contributed by atoms with Gasteiger partial charge in [-0.05, 0) is 80.7 Å². The van der Waals surface area contributed by atoms with Crippen molar-refractivity contribution in [2.24, 2.45) is 0 Å². The van der Waals surface area contributed by atoms with Crippen LogP contribution in [0.4, 0.5) is 10.5 Å². The lowest BCUT2D eigenvalue weighted by atomic mass is 9.99. The Hall–Kier alpha value is -2.19. The third kappa shape index (κ3) is 3.98. The van der Waals surface area contributed by atoms with Gasteiger partial charge in [0.25, 0.3) is 0 Å². The van der Waals surface area contributed by atoms with Crippen LogP contribution in [0.15, 0.2) is 23.4 Å². The van der Waals surface area contributed by atoms with Gasteiger partial charge in [-0.1, -0.05) is 6.07 Å². The summed E-state index contributed by atoms with van der Waals surface area (Å²) in [4.78, 5) is 12.5. The molecule has 3 N–H and O–H groups in total. The van der Waals surface area contributed by atoms with Crippen molar-refractivity contribution in [1.29, 1.82) is 0 Å². The third-order valence-electron chi connectivity index (χ3n) is 5.25. The molecule has 0 spiro atoms. The molecule has 1 aromatic heterocycles. The van der Waals surface area contributed by atoms with Crippen molar-refractivity contribution in [3.05, 3.63) is 40.6 Å². The van der Waals surface area contributed by atoms with Gasteiger partial charge < -0.3 is 10.4 Å². The summed E-state index contributed by atoms with van der Waals surface area (Å²) >= 11 is 0. The van der Waals surface area contributed by atoms with E-state index in [1.54, 1.807) is 26.1 Å². The molecule has 1 heterocycles. The van der Waals surface area contributed by atoms with Crippen LogP contribution < -0.4 is 10.0 Å². The number of carbonyl (C=O) groups is 1. The molecule has 1 unspecified atom stereocenters. The first-order valence-corrected chi connectivity index (χ1v) is 10.9. The topological polar surface area (TPSA) is 96.3 Å². The van der Waals surface area contributed by atoms with E-state index in [-0.39, 0.29) is 11.6 Å². The highest BCUT2D eigenvalue weighted by Gasteiger charge is 2.25. The minimum atomic E-state index is -1.77. The van der Waals surface area contributed by atoms with Crippen LogP contribution in [0.25, 0.3) is 0 Å². The molecule has 8 heteroatoms. The van der Waals surface area contributed by atoms with Crippen molar-refractivity contribution in [3.8, 4) is 0 Å². The molecule has 0 bridgehead atoms. The zero-order chi connectivity index (χ0) is 19.9. The van der Waals surface area contributed by atoms with Crippen LogP contribution >= 0.6 is 0 Å². The van der Waals surface area contributed by atoms with Crippen LogP contribution in [0.2, 0.25) is 0 Å². The summed E-state index contributed by atoms with van der Waals surface area (Å²) in [6, 6.07) is 3.41. The SMILES string of the molecule is CC(C)(O)Cn1ccc(S(=O)NC(=O)Nc2c3c(cc4c2CCC4)CCC3)n1. The van der Waals surface area contributed by atoms with Crippen LogP contribution in [0.5, 0.6) is 0 Å². The van der Waals surface area contributed by atoms with E-state index in [1.165, 1.54) is 26.9 Å². The van der Waals surface area contributed by atoms with Crippen molar-refractivity contribution in [2.45, 2.75) is 69.5 Å². The molecule has 2 aromatic rings. The second-order valence-corrected chi connectivity index (χ2v) is 9.38. The number of aryl methyl sites for hydroxylation is 2. The molecule has 1 atom stereocenters. The average molecular weight is 403 g/mol. The van der Waals surface area contributed by atoms with Gasteiger partial charge in [0.05, 0.1) is 12.1 Å². The fraction of sp³-hybridized carbons (Fsp3) is 0.500. The van der Waals surface area contributed by atoms with Crippen LogP contribution in [0.3, 0.4) is 0 Å². The molecule has 7 nitrogen and oxygen atoms in total. The largest absolute Gasteiger partial charge is 0.389 e. The Morgan fingerprint density at radius 3 is 2.46 bits per heavy atom. The lowest BCUT2D eigenvalue weighted by Crippen LogP contribution is -2.32.